The zero-order valence-corrected chi connectivity index (χ0v) is 7.90. The number of phenolic OH excluding ortho intramolecular Hbond substituents is 2. The average molecular weight is 192 g/mol. The number of ether oxygens (including phenoxy) is 1. The van der Waals surface area contributed by atoms with Gasteiger partial charge in [-0.05, 0) is 18.6 Å². The van der Waals surface area contributed by atoms with Crippen LogP contribution >= 0.6 is 0 Å². The van der Waals surface area contributed by atoms with Crippen molar-refractivity contribution in [3.05, 3.63) is 23.8 Å². The van der Waals surface area contributed by atoms with Crippen LogP contribution in [0.25, 0.3) is 6.08 Å². The van der Waals surface area contributed by atoms with Crippen LogP contribution in [0.3, 0.4) is 0 Å². The second kappa shape index (κ2) is 3.25. The molecule has 2 rings (SSSR count). The van der Waals surface area contributed by atoms with E-state index in [4.69, 9.17) is 4.74 Å². The third-order valence-electron chi connectivity index (χ3n) is 2.26. The zero-order chi connectivity index (χ0) is 10.1. The molecule has 0 aliphatic carbocycles. The summed E-state index contributed by atoms with van der Waals surface area (Å²) in [4.78, 5) is 0. The molecule has 1 aromatic carbocycles. The second-order valence-electron chi connectivity index (χ2n) is 3.30. The van der Waals surface area contributed by atoms with Crippen LogP contribution < -0.4 is 4.74 Å². The Balaban J connectivity index is 2.45. The summed E-state index contributed by atoms with van der Waals surface area (Å²) in [5.74, 6) is 0.606. The molecule has 74 valence electrons. The molecule has 0 spiro atoms. The summed E-state index contributed by atoms with van der Waals surface area (Å²) in [6, 6.07) is 2.82. The van der Waals surface area contributed by atoms with Crippen LogP contribution in [0.4, 0.5) is 0 Å². The van der Waals surface area contributed by atoms with Gasteiger partial charge in [0.15, 0.2) is 0 Å². The first kappa shape index (κ1) is 8.94. The molecule has 0 fully saturated rings. The molecular weight excluding hydrogens is 180 g/mol. The van der Waals surface area contributed by atoms with Crippen LogP contribution in [0.2, 0.25) is 0 Å². The fourth-order valence-corrected chi connectivity index (χ4v) is 1.49. The minimum Gasteiger partial charge on any atom is -0.508 e. The fourth-order valence-electron chi connectivity index (χ4n) is 1.49. The van der Waals surface area contributed by atoms with Gasteiger partial charge >= 0.3 is 0 Å². The Morgan fingerprint density at radius 3 is 2.86 bits per heavy atom. The molecule has 0 saturated carbocycles. The molecule has 3 heteroatoms. The van der Waals surface area contributed by atoms with E-state index < -0.39 is 0 Å². The highest BCUT2D eigenvalue weighted by Gasteiger charge is 2.16. The van der Waals surface area contributed by atoms with Gasteiger partial charge < -0.3 is 14.9 Å². The Kier molecular flexibility index (Phi) is 2.08. The van der Waals surface area contributed by atoms with E-state index in [9.17, 15) is 10.2 Å². The molecule has 1 atom stereocenters. The van der Waals surface area contributed by atoms with Crippen LogP contribution in [0.15, 0.2) is 18.2 Å². The summed E-state index contributed by atoms with van der Waals surface area (Å²) >= 11 is 0. The zero-order valence-electron chi connectivity index (χ0n) is 7.90. The van der Waals surface area contributed by atoms with Gasteiger partial charge in [-0.2, -0.15) is 0 Å². The lowest BCUT2D eigenvalue weighted by atomic mass is 10.1. The van der Waals surface area contributed by atoms with Crippen molar-refractivity contribution in [2.45, 2.75) is 19.4 Å². The average Bonchev–Trinajstić information content (AvgIpc) is 2.16. The predicted molar refractivity (Wildman–Crippen MR) is 53.5 cm³/mol. The Hall–Kier alpha value is -1.64. The van der Waals surface area contributed by atoms with E-state index in [0.717, 1.165) is 6.42 Å². The number of phenols is 2. The maximum Gasteiger partial charge on any atom is 0.134 e. The van der Waals surface area contributed by atoms with Crippen molar-refractivity contribution >= 4 is 6.08 Å². The van der Waals surface area contributed by atoms with Gasteiger partial charge in [-0.3, -0.25) is 0 Å². The first-order chi connectivity index (χ1) is 6.70. The molecule has 3 nitrogen and oxygen atoms in total. The molecule has 2 N–H and O–H groups in total. The first-order valence-electron chi connectivity index (χ1n) is 4.61. The van der Waals surface area contributed by atoms with E-state index in [1.807, 2.05) is 19.1 Å². The van der Waals surface area contributed by atoms with Crippen molar-refractivity contribution in [2.24, 2.45) is 0 Å². The number of hydrogen-bond acceptors (Lipinski definition) is 3. The van der Waals surface area contributed by atoms with Gasteiger partial charge in [0.1, 0.15) is 23.4 Å². The fraction of sp³-hybridized carbons (Fsp3) is 0.273. The highest BCUT2D eigenvalue weighted by atomic mass is 16.5. The molecule has 1 aliphatic heterocycles. The number of fused-ring (bicyclic) bond motifs is 1. The quantitative estimate of drug-likeness (QED) is 0.717. The second-order valence-corrected chi connectivity index (χ2v) is 3.30. The lowest BCUT2D eigenvalue weighted by Crippen LogP contribution is -2.15. The first-order valence-corrected chi connectivity index (χ1v) is 4.61. The van der Waals surface area contributed by atoms with Crippen LogP contribution in [-0.4, -0.2) is 16.3 Å². The van der Waals surface area contributed by atoms with Crippen molar-refractivity contribution in [1.29, 1.82) is 0 Å². The summed E-state index contributed by atoms with van der Waals surface area (Å²) in [5, 5.41) is 18.8. The highest BCUT2D eigenvalue weighted by molar-refractivity contribution is 5.67. The number of hydrogen-bond donors (Lipinski definition) is 2. The molecule has 0 radical (unpaired) electrons. The number of aromatic hydroxyl groups is 2. The third kappa shape index (κ3) is 1.41. The van der Waals surface area contributed by atoms with Gasteiger partial charge in [-0.1, -0.05) is 6.92 Å². The summed E-state index contributed by atoms with van der Waals surface area (Å²) in [6.45, 7) is 2.02. The van der Waals surface area contributed by atoms with Crippen molar-refractivity contribution in [1.82, 2.24) is 0 Å². The van der Waals surface area contributed by atoms with Gasteiger partial charge in [-0.15, -0.1) is 0 Å². The molecule has 0 aromatic heterocycles. The van der Waals surface area contributed by atoms with Gasteiger partial charge in [-0.25, -0.2) is 0 Å². The van der Waals surface area contributed by atoms with Gasteiger partial charge in [0.05, 0.1) is 5.56 Å². The third-order valence-corrected chi connectivity index (χ3v) is 2.26. The van der Waals surface area contributed by atoms with Crippen molar-refractivity contribution < 1.29 is 14.9 Å². The molecule has 1 heterocycles. The molecule has 14 heavy (non-hydrogen) atoms. The Morgan fingerprint density at radius 1 is 1.36 bits per heavy atom. The largest absolute Gasteiger partial charge is 0.508 e. The molecule has 1 aliphatic rings. The lowest BCUT2D eigenvalue weighted by Gasteiger charge is -2.20. The maximum absolute atomic E-state index is 9.50. The smallest absolute Gasteiger partial charge is 0.134 e. The number of benzene rings is 1. The van der Waals surface area contributed by atoms with Crippen molar-refractivity contribution in [3.63, 3.8) is 0 Å². The SMILES string of the molecule is CC[C@@H]1C=Cc2c(O)cc(O)cc2O1. The molecule has 0 saturated heterocycles. The Bertz CT molecular complexity index is 382. The van der Waals surface area contributed by atoms with E-state index >= 15 is 0 Å². The van der Waals surface area contributed by atoms with Crippen LogP contribution in [0.1, 0.15) is 18.9 Å². The van der Waals surface area contributed by atoms with Gasteiger partial charge in [0.25, 0.3) is 0 Å². The Morgan fingerprint density at radius 2 is 2.14 bits per heavy atom. The van der Waals surface area contributed by atoms with Crippen LogP contribution in [-0.2, 0) is 0 Å². The normalized spacial score (nSPS) is 18.8. The minimum absolute atomic E-state index is 0.0198. The monoisotopic (exact) mass is 192 g/mol. The van der Waals surface area contributed by atoms with Crippen LogP contribution in [0.5, 0.6) is 17.2 Å². The van der Waals surface area contributed by atoms with E-state index in [1.165, 1.54) is 12.1 Å². The molecule has 0 amide bonds. The lowest BCUT2D eigenvalue weighted by molar-refractivity contribution is 0.239. The predicted octanol–water partition coefficient (Wildman–Crippen LogP) is 2.28. The van der Waals surface area contributed by atoms with Crippen LogP contribution in [0, 0.1) is 0 Å². The maximum atomic E-state index is 9.50. The number of rotatable bonds is 1. The van der Waals surface area contributed by atoms with E-state index in [0.29, 0.717) is 11.3 Å². The highest BCUT2D eigenvalue weighted by Crippen LogP contribution is 2.37. The minimum atomic E-state index is 0.0198. The van der Waals surface area contributed by atoms with Gasteiger partial charge in [0, 0.05) is 12.1 Å². The topological polar surface area (TPSA) is 49.7 Å². The Labute approximate surface area is 82.3 Å². The molecule has 0 unspecified atom stereocenters. The summed E-state index contributed by atoms with van der Waals surface area (Å²) in [5.41, 5.74) is 0.632. The molecular formula is C11H12O3. The summed E-state index contributed by atoms with van der Waals surface area (Å²) < 4.78 is 5.54. The molecule has 1 aromatic rings. The summed E-state index contributed by atoms with van der Waals surface area (Å²) in [7, 11) is 0. The van der Waals surface area contributed by atoms with E-state index in [1.54, 1.807) is 0 Å². The van der Waals surface area contributed by atoms with E-state index in [2.05, 4.69) is 0 Å². The van der Waals surface area contributed by atoms with E-state index in [-0.39, 0.29) is 17.6 Å². The standard InChI is InChI=1S/C11H12O3/c1-2-8-3-4-9-10(13)5-7(12)6-11(9)14-8/h3-6,8,12-13H,2H2,1H3/t8-/m1/s1. The summed E-state index contributed by atoms with van der Waals surface area (Å²) in [6.07, 6.45) is 4.62. The van der Waals surface area contributed by atoms with Crippen molar-refractivity contribution in [3.8, 4) is 17.2 Å². The molecule has 0 bridgehead atoms. The van der Waals surface area contributed by atoms with Gasteiger partial charge in [0.2, 0.25) is 0 Å². The van der Waals surface area contributed by atoms with Crippen molar-refractivity contribution in [2.75, 3.05) is 0 Å².